The second-order valence-corrected chi connectivity index (χ2v) is 5.67. The van der Waals surface area contributed by atoms with Crippen molar-refractivity contribution in [3.8, 4) is 6.07 Å². The summed E-state index contributed by atoms with van der Waals surface area (Å²) in [7, 11) is 0. The lowest BCUT2D eigenvalue weighted by Gasteiger charge is -2.38. The van der Waals surface area contributed by atoms with Crippen molar-refractivity contribution in [3.05, 3.63) is 22.9 Å². The molecule has 20 heavy (non-hydrogen) atoms. The van der Waals surface area contributed by atoms with E-state index in [1.54, 1.807) is 0 Å². The Kier molecular flexibility index (Phi) is 4.61. The number of pyridine rings is 1. The molecule has 2 rings (SSSR count). The van der Waals surface area contributed by atoms with E-state index in [0.717, 1.165) is 48.8 Å². The third-order valence-corrected chi connectivity index (χ3v) is 4.27. The number of piperazine rings is 1. The first-order valence-corrected chi connectivity index (χ1v) is 7.44. The number of aryl methyl sites for hydroxylation is 2. The monoisotopic (exact) mass is 272 g/mol. The highest BCUT2D eigenvalue weighted by Gasteiger charge is 2.23. The Bertz CT molecular complexity index is 510. The molecule has 1 aromatic rings. The van der Waals surface area contributed by atoms with Gasteiger partial charge in [-0.15, -0.1) is 0 Å². The average Bonchev–Trinajstić information content (AvgIpc) is 2.46. The van der Waals surface area contributed by atoms with Gasteiger partial charge in [0.15, 0.2) is 0 Å². The van der Waals surface area contributed by atoms with Gasteiger partial charge in [0.2, 0.25) is 0 Å². The molecule has 2 heterocycles. The first-order chi connectivity index (χ1) is 9.56. The molecule has 0 radical (unpaired) electrons. The van der Waals surface area contributed by atoms with Crippen molar-refractivity contribution in [1.29, 1.82) is 5.26 Å². The quantitative estimate of drug-likeness (QED) is 0.848. The van der Waals surface area contributed by atoms with Crippen molar-refractivity contribution in [3.63, 3.8) is 0 Å². The van der Waals surface area contributed by atoms with Crippen molar-refractivity contribution in [2.45, 2.75) is 40.2 Å². The average molecular weight is 272 g/mol. The molecule has 1 saturated heterocycles. The highest BCUT2D eigenvalue weighted by molar-refractivity contribution is 5.58. The molecule has 0 bridgehead atoms. The number of anilines is 1. The summed E-state index contributed by atoms with van der Waals surface area (Å²) in [6, 6.07) is 4.94. The molecule has 1 aromatic heterocycles. The van der Waals surface area contributed by atoms with Crippen molar-refractivity contribution in [1.82, 2.24) is 9.88 Å². The lowest BCUT2D eigenvalue weighted by atomic mass is 10.1. The van der Waals surface area contributed by atoms with Gasteiger partial charge < -0.3 is 4.90 Å². The van der Waals surface area contributed by atoms with E-state index >= 15 is 0 Å². The van der Waals surface area contributed by atoms with Gasteiger partial charge in [0.25, 0.3) is 0 Å². The minimum atomic E-state index is 0.639. The summed E-state index contributed by atoms with van der Waals surface area (Å²) in [5.41, 5.74) is 2.74. The standard InChI is InChI=1S/C16H24N4/c1-5-14(4)19-6-8-20(9-7-19)16-15(11-17)12(2)10-13(3)18-16/h10,14H,5-9H2,1-4H3. The molecule has 1 aliphatic heterocycles. The van der Waals surface area contributed by atoms with Crippen molar-refractivity contribution in [2.75, 3.05) is 31.1 Å². The zero-order valence-corrected chi connectivity index (χ0v) is 13.0. The molecule has 1 unspecified atom stereocenters. The Labute approximate surface area is 122 Å². The van der Waals surface area contributed by atoms with E-state index in [9.17, 15) is 5.26 Å². The van der Waals surface area contributed by atoms with Crippen LogP contribution in [0.3, 0.4) is 0 Å². The van der Waals surface area contributed by atoms with Crippen LogP contribution in [0.4, 0.5) is 5.82 Å². The summed E-state index contributed by atoms with van der Waals surface area (Å²) >= 11 is 0. The summed E-state index contributed by atoms with van der Waals surface area (Å²) in [6.45, 7) is 12.5. The normalized spacial score (nSPS) is 17.9. The van der Waals surface area contributed by atoms with Gasteiger partial charge in [-0.25, -0.2) is 4.98 Å². The zero-order valence-electron chi connectivity index (χ0n) is 13.0. The molecule has 4 heteroatoms. The molecule has 108 valence electrons. The second kappa shape index (κ2) is 6.23. The topological polar surface area (TPSA) is 43.2 Å². The smallest absolute Gasteiger partial charge is 0.147 e. The van der Waals surface area contributed by atoms with E-state index in [4.69, 9.17) is 0 Å². The molecule has 1 fully saturated rings. The van der Waals surface area contributed by atoms with E-state index in [0.29, 0.717) is 6.04 Å². The van der Waals surface area contributed by atoms with Crippen molar-refractivity contribution in [2.24, 2.45) is 0 Å². The predicted molar refractivity (Wildman–Crippen MR) is 82.0 cm³/mol. The van der Waals surface area contributed by atoms with E-state index < -0.39 is 0 Å². The maximum absolute atomic E-state index is 9.37. The first kappa shape index (κ1) is 14.8. The predicted octanol–water partition coefficient (Wildman–Crippen LogP) is 2.49. The molecule has 0 saturated carbocycles. The number of nitriles is 1. The van der Waals surface area contributed by atoms with Gasteiger partial charge in [0.1, 0.15) is 11.9 Å². The number of hydrogen-bond acceptors (Lipinski definition) is 4. The van der Waals surface area contributed by atoms with Crippen molar-refractivity contribution < 1.29 is 0 Å². The Morgan fingerprint density at radius 2 is 1.95 bits per heavy atom. The van der Waals surface area contributed by atoms with Crippen LogP contribution in [-0.4, -0.2) is 42.1 Å². The Morgan fingerprint density at radius 1 is 1.30 bits per heavy atom. The number of nitrogens with zero attached hydrogens (tertiary/aromatic N) is 4. The fraction of sp³-hybridized carbons (Fsp3) is 0.625. The molecule has 0 aromatic carbocycles. The summed E-state index contributed by atoms with van der Waals surface area (Å²) < 4.78 is 0. The van der Waals surface area contributed by atoms with E-state index in [1.807, 2.05) is 19.9 Å². The van der Waals surface area contributed by atoms with Crippen LogP contribution in [0.2, 0.25) is 0 Å². The third kappa shape index (κ3) is 2.94. The Morgan fingerprint density at radius 3 is 2.50 bits per heavy atom. The van der Waals surface area contributed by atoms with Crippen molar-refractivity contribution >= 4 is 5.82 Å². The van der Waals surface area contributed by atoms with Gasteiger partial charge in [-0.3, -0.25) is 4.90 Å². The molecular formula is C16H24N4. The highest BCUT2D eigenvalue weighted by atomic mass is 15.3. The zero-order chi connectivity index (χ0) is 14.7. The van der Waals surface area contributed by atoms with Gasteiger partial charge in [0, 0.05) is 37.9 Å². The van der Waals surface area contributed by atoms with Crippen LogP contribution in [0, 0.1) is 25.2 Å². The van der Waals surface area contributed by atoms with Crippen LogP contribution in [0.1, 0.15) is 37.1 Å². The van der Waals surface area contributed by atoms with E-state index in [-0.39, 0.29) is 0 Å². The van der Waals surface area contributed by atoms with E-state index in [2.05, 4.69) is 34.7 Å². The fourth-order valence-electron chi connectivity index (χ4n) is 2.82. The second-order valence-electron chi connectivity index (χ2n) is 5.67. The fourth-order valence-corrected chi connectivity index (χ4v) is 2.82. The summed E-state index contributed by atoms with van der Waals surface area (Å²) in [4.78, 5) is 9.38. The summed E-state index contributed by atoms with van der Waals surface area (Å²) in [6.07, 6.45) is 1.19. The van der Waals surface area contributed by atoms with Crippen LogP contribution >= 0.6 is 0 Å². The lowest BCUT2D eigenvalue weighted by Crippen LogP contribution is -2.50. The van der Waals surface area contributed by atoms with E-state index in [1.165, 1.54) is 6.42 Å². The van der Waals surface area contributed by atoms with Crippen LogP contribution < -0.4 is 4.90 Å². The van der Waals surface area contributed by atoms with Gasteiger partial charge in [-0.1, -0.05) is 6.92 Å². The largest absolute Gasteiger partial charge is 0.353 e. The van der Waals surface area contributed by atoms with Gasteiger partial charge in [-0.05, 0) is 38.8 Å². The minimum absolute atomic E-state index is 0.639. The SMILES string of the molecule is CCC(C)N1CCN(c2nc(C)cc(C)c2C#N)CC1. The van der Waals surface area contributed by atoms with Crippen LogP contribution in [0.5, 0.6) is 0 Å². The number of aromatic nitrogens is 1. The summed E-state index contributed by atoms with van der Waals surface area (Å²) in [5, 5.41) is 9.37. The van der Waals surface area contributed by atoms with Gasteiger partial charge in [0.05, 0.1) is 5.56 Å². The molecule has 0 spiro atoms. The van der Waals surface area contributed by atoms with Gasteiger partial charge >= 0.3 is 0 Å². The number of rotatable bonds is 3. The molecule has 1 aliphatic rings. The molecule has 0 amide bonds. The Hall–Kier alpha value is -1.60. The van der Waals surface area contributed by atoms with Crippen LogP contribution in [0.15, 0.2) is 6.07 Å². The minimum Gasteiger partial charge on any atom is -0.353 e. The lowest BCUT2D eigenvalue weighted by molar-refractivity contribution is 0.192. The molecule has 1 atom stereocenters. The third-order valence-electron chi connectivity index (χ3n) is 4.27. The van der Waals surface area contributed by atoms with Gasteiger partial charge in [-0.2, -0.15) is 5.26 Å². The first-order valence-electron chi connectivity index (χ1n) is 7.44. The molecule has 0 N–H and O–H groups in total. The number of hydrogen-bond donors (Lipinski definition) is 0. The maximum Gasteiger partial charge on any atom is 0.147 e. The highest BCUT2D eigenvalue weighted by Crippen LogP contribution is 2.23. The molecule has 0 aliphatic carbocycles. The van der Waals surface area contributed by atoms with Crippen LogP contribution in [0.25, 0.3) is 0 Å². The molecule has 4 nitrogen and oxygen atoms in total. The Balaban J connectivity index is 2.17. The summed E-state index contributed by atoms with van der Waals surface area (Å²) in [5.74, 6) is 0.869. The van der Waals surface area contributed by atoms with Crippen LogP contribution in [-0.2, 0) is 0 Å². The maximum atomic E-state index is 9.37. The molecular weight excluding hydrogens is 248 g/mol.